The van der Waals surface area contributed by atoms with Crippen LogP contribution in [0.25, 0.3) is 0 Å². The fourth-order valence-electron chi connectivity index (χ4n) is 3.87. The second kappa shape index (κ2) is 10.8. The van der Waals surface area contributed by atoms with Gasteiger partial charge < -0.3 is 10.1 Å². The summed E-state index contributed by atoms with van der Waals surface area (Å²) in [5.74, 6) is -0.328. The van der Waals surface area contributed by atoms with Gasteiger partial charge in [0.2, 0.25) is 0 Å². The molecule has 0 aromatic heterocycles. The topological polar surface area (TPSA) is 87.7 Å². The summed E-state index contributed by atoms with van der Waals surface area (Å²) in [5.41, 5.74) is 3.89. The van der Waals surface area contributed by atoms with Crippen molar-refractivity contribution < 1.29 is 17.9 Å². The number of hydrogen-bond acceptors (Lipinski definition) is 5. The van der Waals surface area contributed by atoms with Crippen LogP contribution in [0.2, 0.25) is 0 Å². The van der Waals surface area contributed by atoms with E-state index in [9.17, 15) is 13.2 Å². The average molecular weight is 480 g/mol. The molecule has 1 fully saturated rings. The van der Waals surface area contributed by atoms with Crippen molar-refractivity contribution in [1.29, 1.82) is 0 Å². The molecule has 1 aliphatic heterocycles. The molecule has 0 bridgehead atoms. The maximum Gasteiger partial charge on any atom is 0.261 e. The molecule has 178 valence electrons. The van der Waals surface area contributed by atoms with E-state index in [4.69, 9.17) is 4.74 Å². The number of nitrogens with zero attached hydrogens (tertiary/aromatic N) is 1. The van der Waals surface area contributed by atoms with Crippen molar-refractivity contribution in [2.75, 3.05) is 31.0 Å². The largest absolute Gasteiger partial charge is 0.379 e. The number of sulfonamides is 1. The zero-order valence-electron chi connectivity index (χ0n) is 19.2. The summed E-state index contributed by atoms with van der Waals surface area (Å²) in [6, 6.07) is 21.3. The third kappa shape index (κ3) is 6.44. The van der Waals surface area contributed by atoms with E-state index in [2.05, 4.69) is 27.1 Å². The summed E-state index contributed by atoms with van der Waals surface area (Å²) in [7, 11) is -3.82. The Morgan fingerprint density at radius 1 is 0.941 bits per heavy atom. The second-order valence-corrected chi connectivity index (χ2v) is 10.1. The number of hydrogen-bond donors (Lipinski definition) is 2. The monoisotopic (exact) mass is 479 g/mol. The molecule has 0 radical (unpaired) electrons. The number of anilines is 1. The highest BCUT2D eigenvalue weighted by atomic mass is 32.2. The molecule has 0 aliphatic carbocycles. The molecule has 8 heteroatoms. The van der Waals surface area contributed by atoms with Gasteiger partial charge in [-0.2, -0.15) is 0 Å². The average Bonchev–Trinajstić information content (AvgIpc) is 2.83. The summed E-state index contributed by atoms with van der Waals surface area (Å²) < 4.78 is 33.6. The summed E-state index contributed by atoms with van der Waals surface area (Å²) in [5, 5.41) is 2.89. The van der Waals surface area contributed by atoms with Crippen LogP contribution in [0.15, 0.2) is 77.7 Å². The molecular weight excluding hydrogens is 450 g/mol. The molecule has 4 rings (SSSR count). The Kier molecular flexibility index (Phi) is 7.62. The molecule has 0 unspecified atom stereocenters. The molecule has 7 nitrogen and oxygen atoms in total. The highest BCUT2D eigenvalue weighted by Crippen LogP contribution is 2.18. The van der Waals surface area contributed by atoms with Crippen LogP contribution < -0.4 is 10.0 Å². The van der Waals surface area contributed by atoms with Crippen LogP contribution in [0.3, 0.4) is 0 Å². The van der Waals surface area contributed by atoms with Crippen molar-refractivity contribution in [2.24, 2.45) is 0 Å². The van der Waals surface area contributed by atoms with Crippen LogP contribution in [0.4, 0.5) is 5.69 Å². The molecule has 1 aliphatic rings. The summed E-state index contributed by atoms with van der Waals surface area (Å²) in [6.07, 6.45) is 0. The highest BCUT2D eigenvalue weighted by Gasteiger charge is 2.17. The quantitative estimate of drug-likeness (QED) is 0.516. The van der Waals surface area contributed by atoms with E-state index in [1.54, 1.807) is 30.3 Å². The molecule has 0 atom stereocenters. The van der Waals surface area contributed by atoms with E-state index in [1.165, 1.54) is 17.7 Å². The molecule has 0 spiro atoms. The number of benzene rings is 3. The second-order valence-electron chi connectivity index (χ2n) is 8.39. The Hall–Kier alpha value is -3.20. The van der Waals surface area contributed by atoms with Crippen molar-refractivity contribution in [2.45, 2.75) is 24.9 Å². The molecule has 1 heterocycles. The Morgan fingerprint density at radius 2 is 1.68 bits per heavy atom. The Labute approximate surface area is 200 Å². The SMILES string of the molecule is Cc1cccc(NS(=O)(=O)c2cccc(C(=O)NCc3cccc(CN4CCOCC4)c3)c2)c1. The summed E-state index contributed by atoms with van der Waals surface area (Å²) >= 11 is 0. The first-order valence-corrected chi connectivity index (χ1v) is 12.7. The van der Waals surface area contributed by atoms with E-state index in [1.807, 2.05) is 25.1 Å². The third-order valence-corrected chi connectivity index (χ3v) is 7.01. The van der Waals surface area contributed by atoms with Crippen LogP contribution >= 0.6 is 0 Å². The van der Waals surface area contributed by atoms with Crippen LogP contribution in [-0.4, -0.2) is 45.5 Å². The summed E-state index contributed by atoms with van der Waals surface area (Å²) in [4.78, 5) is 15.1. The van der Waals surface area contributed by atoms with Gasteiger partial charge in [0.1, 0.15) is 0 Å². The van der Waals surface area contributed by atoms with E-state index < -0.39 is 10.0 Å². The molecule has 1 amide bonds. The molecule has 1 saturated heterocycles. The number of carbonyl (C=O) groups is 1. The lowest BCUT2D eigenvalue weighted by molar-refractivity contribution is 0.0342. The number of carbonyl (C=O) groups excluding carboxylic acids is 1. The minimum atomic E-state index is -3.82. The fraction of sp³-hybridized carbons (Fsp3) is 0.269. The van der Waals surface area contributed by atoms with Gasteiger partial charge >= 0.3 is 0 Å². The van der Waals surface area contributed by atoms with Gasteiger partial charge in [0, 0.05) is 37.4 Å². The third-order valence-electron chi connectivity index (χ3n) is 5.63. The van der Waals surface area contributed by atoms with Gasteiger partial charge in [-0.25, -0.2) is 8.42 Å². The first kappa shape index (κ1) is 23.9. The minimum Gasteiger partial charge on any atom is -0.379 e. The molecular formula is C26H29N3O4S. The first-order chi connectivity index (χ1) is 16.4. The van der Waals surface area contributed by atoms with Gasteiger partial charge in [-0.1, -0.05) is 42.5 Å². The van der Waals surface area contributed by atoms with Crippen molar-refractivity contribution in [3.05, 3.63) is 95.1 Å². The molecule has 3 aromatic rings. The Bertz CT molecular complexity index is 1250. The highest BCUT2D eigenvalue weighted by molar-refractivity contribution is 7.92. The number of amides is 1. The van der Waals surface area contributed by atoms with Gasteiger partial charge in [-0.15, -0.1) is 0 Å². The molecule has 2 N–H and O–H groups in total. The maximum atomic E-state index is 12.8. The van der Waals surface area contributed by atoms with E-state index >= 15 is 0 Å². The number of ether oxygens (including phenoxy) is 1. The fourth-order valence-corrected chi connectivity index (χ4v) is 4.96. The van der Waals surface area contributed by atoms with Crippen molar-refractivity contribution in [1.82, 2.24) is 10.2 Å². The lowest BCUT2D eigenvalue weighted by Crippen LogP contribution is -2.35. The number of morpholine rings is 1. The van der Waals surface area contributed by atoms with Crippen LogP contribution in [0, 0.1) is 6.92 Å². The standard InChI is InChI=1S/C26H29N3O4S/c1-20-5-2-9-24(15-20)28-34(31,32)25-10-4-8-23(17-25)26(30)27-18-21-6-3-7-22(16-21)19-29-11-13-33-14-12-29/h2-10,15-17,28H,11-14,18-19H2,1H3,(H,27,30). The normalized spacial score (nSPS) is 14.5. The van der Waals surface area contributed by atoms with Crippen LogP contribution in [0.1, 0.15) is 27.0 Å². The zero-order valence-corrected chi connectivity index (χ0v) is 20.0. The number of nitrogens with one attached hydrogen (secondary N) is 2. The smallest absolute Gasteiger partial charge is 0.261 e. The van der Waals surface area contributed by atoms with Crippen molar-refractivity contribution in [3.63, 3.8) is 0 Å². The predicted octanol–water partition coefficient (Wildman–Crippen LogP) is 3.56. The Morgan fingerprint density at radius 3 is 2.47 bits per heavy atom. The molecule has 3 aromatic carbocycles. The van der Waals surface area contributed by atoms with Gasteiger partial charge in [-0.3, -0.25) is 14.4 Å². The minimum absolute atomic E-state index is 0.0363. The number of aryl methyl sites for hydroxylation is 1. The van der Waals surface area contributed by atoms with Gasteiger partial charge in [0.05, 0.1) is 18.1 Å². The Balaban J connectivity index is 1.39. The first-order valence-electron chi connectivity index (χ1n) is 11.2. The summed E-state index contributed by atoms with van der Waals surface area (Å²) in [6.45, 7) is 6.43. The van der Waals surface area contributed by atoms with E-state index in [0.717, 1.165) is 44.0 Å². The zero-order chi connectivity index (χ0) is 24.0. The lowest BCUT2D eigenvalue weighted by Gasteiger charge is -2.26. The van der Waals surface area contributed by atoms with Gasteiger partial charge in [0.25, 0.3) is 15.9 Å². The lowest BCUT2D eigenvalue weighted by atomic mass is 10.1. The molecule has 0 saturated carbocycles. The van der Waals surface area contributed by atoms with Crippen molar-refractivity contribution >= 4 is 21.6 Å². The maximum absolute atomic E-state index is 12.8. The van der Waals surface area contributed by atoms with E-state index in [-0.39, 0.29) is 16.4 Å². The predicted molar refractivity (Wildman–Crippen MR) is 132 cm³/mol. The van der Waals surface area contributed by atoms with Crippen LogP contribution in [0.5, 0.6) is 0 Å². The van der Waals surface area contributed by atoms with E-state index in [0.29, 0.717) is 12.2 Å². The van der Waals surface area contributed by atoms with Crippen molar-refractivity contribution in [3.8, 4) is 0 Å². The molecule has 34 heavy (non-hydrogen) atoms. The number of rotatable bonds is 8. The van der Waals surface area contributed by atoms with Crippen LogP contribution in [-0.2, 0) is 27.8 Å². The van der Waals surface area contributed by atoms with Gasteiger partial charge in [-0.05, 0) is 53.9 Å². The van der Waals surface area contributed by atoms with Gasteiger partial charge in [0.15, 0.2) is 0 Å².